The third-order valence-corrected chi connectivity index (χ3v) is 3.54. The first-order valence-corrected chi connectivity index (χ1v) is 7.95. The van der Waals surface area contributed by atoms with Crippen molar-refractivity contribution in [1.29, 1.82) is 0 Å². The molecular formula is C18H17N3O6. The van der Waals surface area contributed by atoms with Gasteiger partial charge in [-0.15, -0.1) is 0 Å². The second-order valence-corrected chi connectivity index (χ2v) is 5.50. The van der Waals surface area contributed by atoms with Crippen LogP contribution in [0.15, 0.2) is 54.6 Å². The van der Waals surface area contributed by atoms with Crippen LogP contribution in [0.5, 0.6) is 0 Å². The average molecular weight is 371 g/mol. The number of carbonyl (C=O) groups is 3. The zero-order chi connectivity index (χ0) is 19.8. The van der Waals surface area contributed by atoms with E-state index in [1.807, 2.05) is 0 Å². The molecule has 0 aliphatic rings. The van der Waals surface area contributed by atoms with Gasteiger partial charge in [-0.3, -0.25) is 35.3 Å². The first-order valence-electron chi connectivity index (χ1n) is 7.95. The van der Waals surface area contributed by atoms with E-state index in [9.17, 15) is 24.5 Å². The van der Waals surface area contributed by atoms with Crippen molar-refractivity contribution >= 4 is 23.5 Å². The van der Waals surface area contributed by atoms with Crippen LogP contribution >= 0.6 is 0 Å². The second-order valence-electron chi connectivity index (χ2n) is 5.50. The SMILES string of the molecule is C[C@@H](OC(=O)Cc1ccccc1[N+](=O)[O-])C(=O)NNC(=O)c1ccccc1. The van der Waals surface area contributed by atoms with Crippen LogP contribution in [0.2, 0.25) is 0 Å². The van der Waals surface area contributed by atoms with E-state index in [0.29, 0.717) is 5.56 Å². The summed E-state index contributed by atoms with van der Waals surface area (Å²) < 4.78 is 4.96. The molecular weight excluding hydrogens is 354 g/mol. The van der Waals surface area contributed by atoms with Gasteiger partial charge in [-0.1, -0.05) is 36.4 Å². The van der Waals surface area contributed by atoms with Crippen LogP contribution in [-0.4, -0.2) is 28.8 Å². The number of carbonyl (C=O) groups excluding carboxylic acids is 3. The van der Waals surface area contributed by atoms with Crippen molar-refractivity contribution in [1.82, 2.24) is 10.9 Å². The van der Waals surface area contributed by atoms with E-state index < -0.39 is 28.8 Å². The fourth-order valence-electron chi connectivity index (χ4n) is 2.17. The van der Waals surface area contributed by atoms with E-state index in [4.69, 9.17) is 4.74 Å². The number of para-hydroxylation sites is 1. The molecule has 0 aromatic heterocycles. The van der Waals surface area contributed by atoms with E-state index in [-0.39, 0.29) is 17.7 Å². The highest BCUT2D eigenvalue weighted by Crippen LogP contribution is 2.18. The van der Waals surface area contributed by atoms with E-state index >= 15 is 0 Å². The fourth-order valence-corrected chi connectivity index (χ4v) is 2.17. The Kier molecular flexibility index (Phi) is 6.59. The first kappa shape index (κ1) is 19.6. The van der Waals surface area contributed by atoms with E-state index in [1.165, 1.54) is 25.1 Å². The van der Waals surface area contributed by atoms with Crippen LogP contribution in [0.1, 0.15) is 22.8 Å². The topological polar surface area (TPSA) is 128 Å². The van der Waals surface area contributed by atoms with Crippen molar-refractivity contribution in [2.45, 2.75) is 19.4 Å². The Morgan fingerprint density at radius 1 is 1.04 bits per heavy atom. The Bertz CT molecular complexity index is 853. The maximum Gasteiger partial charge on any atom is 0.311 e. The normalized spacial score (nSPS) is 11.1. The zero-order valence-corrected chi connectivity index (χ0v) is 14.4. The molecule has 0 aliphatic heterocycles. The van der Waals surface area contributed by atoms with Crippen molar-refractivity contribution in [3.63, 3.8) is 0 Å². The summed E-state index contributed by atoms with van der Waals surface area (Å²) in [5.41, 5.74) is 4.68. The Morgan fingerprint density at radius 2 is 1.67 bits per heavy atom. The number of esters is 1. The van der Waals surface area contributed by atoms with Crippen LogP contribution in [0.4, 0.5) is 5.69 Å². The summed E-state index contributed by atoms with van der Waals surface area (Å²) >= 11 is 0. The number of amides is 2. The lowest BCUT2D eigenvalue weighted by Gasteiger charge is -2.14. The second kappa shape index (κ2) is 9.09. The third kappa shape index (κ3) is 5.63. The van der Waals surface area contributed by atoms with E-state index in [0.717, 1.165) is 0 Å². The predicted octanol–water partition coefficient (Wildman–Crippen LogP) is 1.53. The maximum absolute atomic E-state index is 11.9. The molecule has 0 fully saturated rings. The first-order chi connectivity index (χ1) is 12.9. The standard InChI is InChI=1S/C18H17N3O6/c1-12(17(23)19-20-18(24)13-7-3-2-4-8-13)27-16(22)11-14-9-5-6-10-15(14)21(25)26/h2-10,12H,11H2,1H3,(H,19,23)(H,20,24)/t12-/m1/s1. The lowest BCUT2D eigenvalue weighted by Crippen LogP contribution is -2.46. The molecule has 2 amide bonds. The molecule has 9 heteroatoms. The fraction of sp³-hybridized carbons (Fsp3) is 0.167. The lowest BCUT2D eigenvalue weighted by atomic mass is 10.1. The monoisotopic (exact) mass is 371 g/mol. The van der Waals surface area contributed by atoms with Gasteiger partial charge in [0.15, 0.2) is 6.10 Å². The molecule has 2 aromatic carbocycles. The van der Waals surface area contributed by atoms with Gasteiger partial charge in [-0.25, -0.2) is 0 Å². The zero-order valence-electron chi connectivity index (χ0n) is 14.4. The molecule has 0 saturated heterocycles. The summed E-state index contributed by atoms with van der Waals surface area (Å²) in [5, 5.41) is 10.9. The van der Waals surface area contributed by atoms with Crippen LogP contribution < -0.4 is 10.9 Å². The predicted molar refractivity (Wildman–Crippen MR) is 94.4 cm³/mol. The number of rotatable bonds is 6. The summed E-state index contributed by atoms with van der Waals surface area (Å²) in [6.45, 7) is 1.32. The van der Waals surface area contributed by atoms with Gasteiger partial charge in [0.1, 0.15) is 0 Å². The number of nitrogens with zero attached hydrogens (tertiary/aromatic N) is 1. The molecule has 0 heterocycles. The van der Waals surface area contributed by atoms with Crippen LogP contribution in [0.25, 0.3) is 0 Å². The van der Waals surface area contributed by atoms with Gasteiger partial charge in [-0.05, 0) is 19.1 Å². The summed E-state index contributed by atoms with van der Waals surface area (Å²) in [5.74, 6) is -2.07. The number of nitro benzene ring substituents is 1. The molecule has 0 spiro atoms. The Labute approximate surface area is 154 Å². The van der Waals surface area contributed by atoms with Crippen molar-refractivity contribution in [2.24, 2.45) is 0 Å². The minimum absolute atomic E-state index is 0.178. The molecule has 0 saturated carbocycles. The number of ether oxygens (including phenoxy) is 1. The highest BCUT2D eigenvalue weighted by atomic mass is 16.6. The van der Waals surface area contributed by atoms with Crippen molar-refractivity contribution in [3.05, 3.63) is 75.8 Å². The Hall–Kier alpha value is -3.75. The van der Waals surface area contributed by atoms with Crippen LogP contribution in [-0.2, 0) is 20.7 Å². The van der Waals surface area contributed by atoms with Gasteiger partial charge in [0.05, 0.1) is 11.3 Å². The number of nitro groups is 1. The van der Waals surface area contributed by atoms with Gasteiger partial charge in [0.2, 0.25) is 0 Å². The Morgan fingerprint density at radius 3 is 2.33 bits per heavy atom. The maximum atomic E-state index is 11.9. The molecule has 140 valence electrons. The molecule has 0 aliphatic carbocycles. The number of nitrogens with one attached hydrogen (secondary N) is 2. The van der Waals surface area contributed by atoms with Crippen molar-refractivity contribution in [3.8, 4) is 0 Å². The number of hydrogen-bond donors (Lipinski definition) is 2. The highest BCUT2D eigenvalue weighted by Gasteiger charge is 2.21. The smallest absolute Gasteiger partial charge is 0.311 e. The molecule has 1 atom stereocenters. The summed E-state index contributed by atoms with van der Waals surface area (Å²) in [6, 6.07) is 14.0. The molecule has 0 bridgehead atoms. The molecule has 0 radical (unpaired) electrons. The largest absolute Gasteiger partial charge is 0.452 e. The number of benzene rings is 2. The van der Waals surface area contributed by atoms with Crippen LogP contribution in [0, 0.1) is 10.1 Å². The van der Waals surface area contributed by atoms with Gasteiger partial charge in [0.25, 0.3) is 17.5 Å². The molecule has 0 unspecified atom stereocenters. The summed E-state index contributed by atoms with van der Waals surface area (Å²) in [7, 11) is 0. The lowest BCUT2D eigenvalue weighted by molar-refractivity contribution is -0.385. The molecule has 2 aromatic rings. The molecule has 9 nitrogen and oxygen atoms in total. The number of hydrazine groups is 1. The molecule has 2 N–H and O–H groups in total. The summed E-state index contributed by atoms with van der Waals surface area (Å²) in [4.78, 5) is 46.1. The van der Waals surface area contributed by atoms with Gasteiger partial charge in [0, 0.05) is 17.2 Å². The average Bonchev–Trinajstić information content (AvgIpc) is 2.66. The minimum Gasteiger partial charge on any atom is -0.452 e. The van der Waals surface area contributed by atoms with E-state index in [1.54, 1.807) is 36.4 Å². The van der Waals surface area contributed by atoms with Gasteiger partial charge in [-0.2, -0.15) is 0 Å². The summed E-state index contributed by atoms with van der Waals surface area (Å²) in [6.07, 6.45) is -1.55. The van der Waals surface area contributed by atoms with Gasteiger partial charge >= 0.3 is 5.97 Å². The minimum atomic E-state index is -1.20. The van der Waals surface area contributed by atoms with Gasteiger partial charge < -0.3 is 4.74 Å². The van der Waals surface area contributed by atoms with E-state index in [2.05, 4.69) is 10.9 Å². The number of hydrogen-bond acceptors (Lipinski definition) is 6. The van der Waals surface area contributed by atoms with Crippen molar-refractivity contribution < 1.29 is 24.0 Å². The molecule has 27 heavy (non-hydrogen) atoms. The van der Waals surface area contributed by atoms with Crippen molar-refractivity contribution in [2.75, 3.05) is 0 Å². The Balaban J connectivity index is 1.86. The quantitative estimate of drug-likeness (QED) is 0.450. The third-order valence-electron chi connectivity index (χ3n) is 3.54. The highest BCUT2D eigenvalue weighted by molar-refractivity contribution is 5.95. The molecule has 2 rings (SSSR count). The van der Waals surface area contributed by atoms with Crippen LogP contribution in [0.3, 0.4) is 0 Å².